The Hall–Kier alpha value is -1.15. The van der Waals surface area contributed by atoms with E-state index in [0.29, 0.717) is 11.8 Å². The van der Waals surface area contributed by atoms with Crippen molar-refractivity contribution in [1.29, 1.82) is 0 Å². The Morgan fingerprint density at radius 1 is 1.30 bits per heavy atom. The second kappa shape index (κ2) is 6.09. The lowest BCUT2D eigenvalue weighted by Crippen LogP contribution is -2.49. The minimum absolute atomic E-state index is 0.191. The molecule has 20 heavy (non-hydrogen) atoms. The third kappa shape index (κ3) is 3.12. The molecule has 3 rings (SSSR count). The van der Waals surface area contributed by atoms with Gasteiger partial charge < -0.3 is 9.80 Å². The molecule has 1 amide bonds. The number of amides is 1. The van der Waals surface area contributed by atoms with Crippen molar-refractivity contribution in [3.63, 3.8) is 0 Å². The first-order chi connectivity index (χ1) is 9.78. The summed E-state index contributed by atoms with van der Waals surface area (Å²) in [5.74, 6) is 0.621. The van der Waals surface area contributed by atoms with E-state index in [-0.39, 0.29) is 5.91 Å². The number of tetrazole rings is 1. The van der Waals surface area contributed by atoms with Crippen LogP contribution in [0.4, 0.5) is 0 Å². The zero-order chi connectivity index (χ0) is 13.9. The Kier molecular flexibility index (Phi) is 4.21. The summed E-state index contributed by atoms with van der Waals surface area (Å²) in [5, 5.41) is 12.5. The maximum absolute atomic E-state index is 12.2. The molecule has 2 heterocycles. The lowest BCUT2D eigenvalue weighted by Gasteiger charge is -2.33. The molecule has 0 radical (unpaired) electrons. The van der Waals surface area contributed by atoms with E-state index in [9.17, 15) is 4.79 Å². The number of thioether (sulfide) groups is 1. The maximum atomic E-state index is 12.2. The molecule has 0 aromatic carbocycles. The van der Waals surface area contributed by atoms with Crippen molar-refractivity contribution in [2.75, 3.05) is 38.5 Å². The predicted octanol–water partition coefficient (Wildman–Crippen LogP) is 0.264. The molecule has 110 valence electrons. The van der Waals surface area contributed by atoms with Gasteiger partial charge >= 0.3 is 0 Å². The van der Waals surface area contributed by atoms with E-state index in [1.807, 2.05) is 9.58 Å². The molecule has 0 N–H and O–H groups in total. The van der Waals surface area contributed by atoms with Gasteiger partial charge in [0, 0.05) is 26.2 Å². The molecule has 1 saturated heterocycles. The van der Waals surface area contributed by atoms with Gasteiger partial charge in [-0.2, -0.15) is 0 Å². The van der Waals surface area contributed by atoms with E-state index in [4.69, 9.17) is 0 Å². The first kappa shape index (κ1) is 13.8. The van der Waals surface area contributed by atoms with E-state index >= 15 is 0 Å². The molecule has 0 unspecified atom stereocenters. The lowest BCUT2D eigenvalue weighted by molar-refractivity contribution is -0.130. The van der Waals surface area contributed by atoms with Crippen LogP contribution in [-0.4, -0.2) is 74.4 Å². The van der Waals surface area contributed by atoms with Crippen LogP contribution in [0.15, 0.2) is 5.16 Å². The highest BCUT2D eigenvalue weighted by molar-refractivity contribution is 7.99. The average molecular weight is 296 g/mol. The van der Waals surface area contributed by atoms with Gasteiger partial charge in [0.1, 0.15) is 0 Å². The van der Waals surface area contributed by atoms with Gasteiger partial charge in [0.15, 0.2) is 0 Å². The minimum atomic E-state index is 0.191. The summed E-state index contributed by atoms with van der Waals surface area (Å²) in [4.78, 5) is 16.5. The Bertz CT molecular complexity index is 466. The highest BCUT2D eigenvalue weighted by atomic mass is 32.2. The van der Waals surface area contributed by atoms with Crippen LogP contribution < -0.4 is 0 Å². The van der Waals surface area contributed by atoms with Crippen LogP contribution in [0, 0.1) is 0 Å². The summed E-state index contributed by atoms with van der Waals surface area (Å²) in [5.41, 5.74) is 0. The fourth-order valence-electron chi connectivity index (χ4n) is 2.36. The second-order valence-electron chi connectivity index (χ2n) is 5.24. The van der Waals surface area contributed by atoms with Crippen molar-refractivity contribution in [1.82, 2.24) is 30.0 Å². The number of rotatable bonds is 5. The smallest absolute Gasteiger partial charge is 0.233 e. The SMILES string of the molecule is CCN1CCN(C(=O)CSc2nnnn2C2CC2)CC1. The van der Waals surface area contributed by atoms with Crippen LogP contribution >= 0.6 is 11.8 Å². The molecule has 1 aliphatic carbocycles. The van der Waals surface area contributed by atoms with Crippen LogP contribution in [0.1, 0.15) is 25.8 Å². The number of hydrogen-bond donors (Lipinski definition) is 0. The fourth-order valence-corrected chi connectivity index (χ4v) is 3.21. The monoisotopic (exact) mass is 296 g/mol. The lowest BCUT2D eigenvalue weighted by atomic mass is 10.3. The van der Waals surface area contributed by atoms with Gasteiger partial charge in [0.05, 0.1) is 11.8 Å². The van der Waals surface area contributed by atoms with E-state index in [1.54, 1.807) is 0 Å². The summed E-state index contributed by atoms with van der Waals surface area (Å²) >= 11 is 1.45. The topological polar surface area (TPSA) is 67.2 Å². The van der Waals surface area contributed by atoms with Gasteiger partial charge in [-0.3, -0.25) is 4.79 Å². The normalized spacial score (nSPS) is 20.4. The Morgan fingerprint density at radius 2 is 2.05 bits per heavy atom. The van der Waals surface area contributed by atoms with E-state index in [0.717, 1.165) is 50.7 Å². The summed E-state index contributed by atoms with van der Waals surface area (Å²) in [6, 6.07) is 0.454. The van der Waals surface area contributed by atoms with E-state index < -0.39 is 0 Å². The van der Waals surface area contributed by atoms with Gasteiger partial charge in [-0.15, -0.1) is 5.10 Å². The fraction of sp³-hybridized carbons (Fsp3) is 0.833. The maximum Gasteiger partial charge on any atom is 0.233 e. The number of carbonyl (C=O) groups is 1. The van der Waals surface area contributed by atoms with Crippen molar-refractivity contribution in [3.8, 4) is 0 Å². The molecule has 1 saturated carbocycles. The molecule has 0 spiro atoms. The third-order valence-corrected chi connectivity index (χ3v) is 4.77. The number of aromatic nitrogens is 4. The second-order valence-corrected chi connectivity index (χ2v) is 6.18. The Morgan fingerprint density at radius 3 is 2.70 bits per heavy atom. The Labute approximate surface area is 122 Å². The molecule has 1 aromatic rings. The third-order valence-electron chi connectivity index (χ3n) is 3.85. The van der Waals surface area contributed by atoms with Crippen LogP contribution in [0.25, 0.3) is 0 Å². The predicted molar refractivity (Wildman–Crippen MR) is 75.5 cm³/mol. The molecule has 2 aliphatic rings. The number of likely N-dealkylation sites (N-methyl/N-ethyl adjacent to an activating group) is 1. The van der Waals surface area contributed by atoms with Crippen molar-refractivity contribution in [2.24, 2.45) is 0 Å². The van der Waals surface area contributed by atoms with Crippen molar-refractivity contribution in [3.05, 3.63) is 0 Å². The van der Waals surface area contributed by atoms with Crippen molar-refractivity contribution < 1.29 is 4.79 Å². The summed E-state index contributed by atoms with van der Waals surface area (Å²) < 4.78 is 1.85. The molecule has 1 aliphatic heterocycles. The first-order valence-electron chi connectivity index (χ1n) is 7.18. The Balaban J connectivity index is 1.48. The van der Waals surface area contributed by atoms with Gasteiger partial charge in [0.25, 0.3) is 0 Å². The zero-order valence-electron chi connectivity index (χ0n) is 11.7. The van der Waals surface area contributed by atoms with Gasteiger partial charge in [-0.1, -0.05) is 18.7 Å². The first-order valence-corrected chi connectivity index (χ1v) is 8.17. The van der Waals surface area contributed by atoms with Gasteiger partial charge in [-0.25, -0.2) is 4.68 Å². The molecule has 0 bridgehead atoms. The van der Waals surface area contributed by atoms with Crippen molar-refractivity contribution in [2.45, 2.75) is 31.0 Å². The van der Waals surface area contributed by atoms with Gasteiger partial charge in [-0.05, 0) is 29.8 Å². The number of nitrogens with zero attached hydrogens (tertiary/aromatic N) is 6. The molecular formula is C12H20N6OS. The molecule has 1 aromatic heterocycles. The number of piperazine rings is 1. The summed E-state index contributed by atoms with van der Waals surface area (Å²) in [6.45, 7) is 6.85. The highest BCUT2D eigenvalue weighted by Crippen LogP contribution is 2.36. The largest absolute Gasteiger partial charge is 0.339 e. The summed E-state index contributed by atoms with van der Waals surface area (Å²) in [7, 11) is 0. The minimum Gasteiger partial charge on any atom is -0.339 e. The molecule has 2 fully saturated rings. The van der Waals surface area contributed by atoms with E-state index in [2.05, 4.69) is 27.3 Å². The molecule has 8 heteroatoms. The average Bonchev–Trinajstić information content (AvgIpc) is 3.23. The standard InChI is InChI=1S/C12H20N6OS/c1-2-16-5-7-17(8-6-16)11(19)9-20-12-13-14-15-18(12)10-3-4-10/h10H,2-9H2,1H3. The van der Waals surface area contributed by atoms with Gasteiger partial charge in [0.2, 0.25) is 11.1 Å². The quantitative estimate of drug-likeness (QED) is 0.726. The summed E-state index contributed by atoms with van der Waals surface area (Å²) in [6.07, 6.45) is 2.29. The van der Waals surface area contributed by atoms with E-state index in [1.165, 1.54) is 11.8 Å². The van der Waals surface area contributed by atoms with Crippen LogP contribution in [0.3, 0.4) is 0 Å². The molecule has 7 nitrogen and oxygen atoms in total. The molecule has 0 atom stereocenters. The highest BCUT2D eigenvalue weighted by Gasteiger charge is 2.28. The van der Waals surface area contributed by atoms with Crippen LogP contribution in [-0.2, 0) is 4.79 Å². The molecular weight excluding hydrogens is 276 g/mol. The van der Waals surface area contributed by atoms with Crippen LogP contribution in [0.5, 0.6) is 0 Å². The number of carbonyl (C=O) groups excluding carboxylic acids is 1. The number of hydrogen-bond acceptors (Lipinski definition) is 6. The van der Waals surface area contributed by atoms with Crippen molar-refractivity contribution >= 4 is 17.7 Å². The zero-order valence-corrected chi connectivity index (χ0v) is 12.6. The van der Waals surface area contributed by atoms with Crippen LogP contribution in [0.2, 0.25) is 0 Å².